The summed E-state index contributed by atoms with van der Waals surface area (Å²) in [4.78, 5) is 15.5. The molecule has 0 aliphatic carbocycles. The summed E-state index contributed by atoms with van der Waals surface area (Å²) in [5.74, 6) is 1.92. The van der Waals surface area contributed by atoms with E-state index in [0.29, 0.717) is 6.61 Å². The number of amides is 1. The molecule has 0 saturated carbocycles. The average molecular weight is 418 g/mol. The zero-order valence-corrected chi connectivity index (χ0v) is 18.1. The third-order valence-electron chi connectivity index (χ3n) is 5.47. The van der Waals surface area contributed by atoms with Crippen LogP contribution in [0.4, 0.5) is 0 Å². The third-order valence-corrected chi connectivity index (χ3v) is 6.73. The summed E-state index contributed by atoms with van der Waals surface area (Å²) in [5, 5.41) is 0.0375. The molecule has 154 valence electrons. The van der Waals surface area contributed by atoms with Crippen molar-refractivity contribution in [2.45, 2.75) is 31.2 Å². The van der Waals surface area contributed by atoms with Crippen LogP contribution in [0.15, 0.2) is 84.9 Å². The predicted molar refractivity (Wildman–Crippen MR) is 124 cm³/mol. The number of benzene rings is 3. The first-order chi connectivity index (χ1) is 14.8. The fourth-order valence-electron chi connectivity index (χ4n) is 3.91. The number of nitrogens with zero attached hydrogens (tertiary/aromatic N) is 1. The van der Waals surface area contributed by atoms with E-state index in [1.165, 1.54) is 0 Å². The quantitative estimate of drug-likeness (QED) is 0.470. The van der Waals surface area contributed by atoms with Gasteiger partial charge in [0, 0.05) is 12.3 Å². The minimum absolute atomic E-state index is 0.0375. The second kappa shape index (κ2) is 9.86. The molecular weight excluding hydrogens is 390 g/mol. The van der Waals surface area contributed by atoms with Gasteiger partial charge in [0.1, 0.15) is 17.7 Å². The fraction of sp³-hybridized carbons (Fsp3) is 0.269. The van der Waals surface area contributed by atoms with Gasteiger partial charge in [0.05, 0.1) is 5.92 Å². The van der Waals surface area contributed by atoms with Crippen molar-refractivity contribution in [3.05, 3.63) is 102 Å². The molecule has 1 aliphatic rings. The van der Waals surface area contributed by atoms with Crippen LogP contribution in [0.2, 0.25) is 0 Å². The van der Waals surface area contributed by atoms with Crippen LogP contribution in [-0.2, 0) is 11.4 Å². The maximum Gasteiger partial charge on any atom is 0.231 e. The molecule has 1 fully saturated rings. The highest BCUT2D eigenvalue weighted by atomic mass is 32.2. The van der Waals surface area contributed by atoms with Gasteiger partial charge in [-0.3, -0.25) is 4.79 Å². The van der Waals surface area contributed by atoms with Gasteiger partial charge in [-0.05, 0) is 35.2 Å². The standard InChI is InChI=1S/C26H27NO2S/c1-2-24(21-12-7-4-8-13-21)25(28)27-16-17-30-26(27)22-14-9-15-23(18-22)29-19-20-10-5-3-6-11-20/h3-15,18,24,26H,2,16-17,19H2,1H3/t24-,26-/m0/s1. The normalized spacial score (nSPS) is 17.0. The van der Waals surface area contributed by atoms with Gasteiger partial charge in [-0.25, -0.2) is 0 Å². The Morgan fingerprint density at radius 3 is 2.50 bits per heavy atom. The first kappa shape index (κ1) is 20.5. The molecule has 0 bridgehead atoms. The van der Waals surface area contributed by atoms with Crippen LogP contribution in [0.5, 0.6) is 5.75 Å². The zero-order chi connectivity index (χ0) is 20.8. The van der Waals surface area contributed by atoms with E-state index in [-0.39, 0.29) is 17.2 Å². The van der Waals surface area contributed by atoms with Gasteiger partial charge in [-0.1, -0.05) is 79.7 Å². The Morgan fingerprint density at radius 2 is 1.77 bits per heavy atom. The van der Waals surface area contributed by atoms with Crippen LogP contribution in [0.3, 0.4) is 0 Å². The molecule has 0 aromatic heterocycles. The van der Waals surface area contributed by atoms with E-state index in [1.807, 2.05) is 65.2 Å². The van der Waals surface area contributed by atoms with Crippen molar-refractivity contribution in [1.82, 2.24) is 4.90 Å². The molecule has 3 aromatic carbocycles. The van der Waals surface area contributed by atoms with Crippen molar-refractivity contribution in [3.8, 4) is 5.75 Å². The topological polar surface area (TPSA) is 29.5 Å². The summed E-state index contributed by atoms with van der Waals surface area (Å²) in [7, 11) is 0. The van der Waals surface area contributed by atoms with E-state index < -0.39 is 0 Å². The average Bonchev–Trinajstić information content (AvgIpc) is 3.30. The predicted octanol–water partition coefficient (Wildman–Crippen LogP) is 6.03. The Labute approximate surface area is 183 Å². The molecule has 0 radical (unpaired) electrons. The zero-order valence-electron chi connectivity index (χ0n) is 17.2. The van der Waals surface area contributed by atoms with Gasteiger partial charge in [0.2, 0.25) is 5.91 Å². The molecular formula is C26H27NO2S. The van der Waals surface area contributed by atoms with E-state index in [0.717, 1.165) is 41.2 Å². The van der Waals surface area contributed by atoms with Crippen molar-refractivity contribution in [2.75, 3.05) is 12.3 Å². The Hall–Kier alpha value is -2.72. The van der Waals surface area contributed by atoms with Crippen LogP contribution in [-0.4, -0.2) is 23.1 Å². The number of hydrogen-bond donors (Lipinski definition) is 0. The molecule has 0 spiro atoms. The monoisotopic (exact) mass is 417 g/mol. The Balaban J connectivity index is 1.49. The summed E-state index contributed by atoms with van der Waals surface area (Å²) in [6.45, 7) is 3.41. The third kappa shape index (κ3) is 4.71. The number of carbonyl (C=O) groups is 1. The van der Waals surface area contributed by atoms with Crippen LogP contribution in [0.1, 0.15) is 41.3 Å². The maximum absolute atomic E-state index is 13.4. The molecule has 2 atom stereocenters. The summed E-state index contributed by atoms with van der Waals surface area (Å²) in [6.07, 6.45) is 0.803. The van der Waals surface area contributed by atoms with Crippen LogP contribution < -0.4 is 4.74 Å². The van der Waals surface area contributed by atoms with Crippen molar-refractivity contribution in [3.63, 3.8) is 0 Å². The van der Waals surface area contributed by atoms with E-state index >= 15 is 0 Å². The lowest BCUT2D eigenvalue weighted by Crippen LogP contribution is -2.34. The summed E-state index contributed by atoms with van der Waals surface area (Å²) < 4.78 is 6.01. The molecule has 4 rings (SSSR count). The molecule has 3 nitrogen and oxygen atoms in total. The molecule has 1 heterocycles. The summed E-state index contributed by atoms with van der Waals surface area (Å²) in [5.41, 5.74) is 3.36. The van der Waals surface area contributed by atoms with Crippen LogP contribution in [0, 0.1) is 0 Å². The van der Waals surface area contributed by atoms with Crippen molar-refractivity contribution in [1.29, 1.82) is 0 Å². The second-order valence-corrected chi connectivity index (χ2v) is 8.66. The molecule has 4 heteroatoms. The highest BCUT2D eigenvalue weighted by molar-refractivity contribution is 7.99. The van der Waals surface area contributed by atoms with Crippen molar-refractivity contribution < 1.29 is 9.53 Å². The number of hydrogen-bond acceptors (Lipinski definition) is 3. The van der Waals surface area contributed by atoms with Gasteiger partial charge in [0.25, 0.3) is 0 Å². The largest absolute Gasteiger partial charge is 0.489 e. The number of rotatable bonds is 7. The van der Waals surface area contributed by atoms with E-state index in [2.05, 4.69) is 43.3 Å². The van der Waals surface area contributed by atoms with E-state index in [1.54, 1.807) is 0 Å². The molecule has 0 unspecified atom stereocenters. The smallest absolute Gasteiger partial charge is 0.231 e. The maximum atomic E-state index is 13.4. The molecule has 1 saturated heterocycles. The molecule has 1 aliphatic heterocycles. The Morgan fingerprint density at radius 1 is 1.03 bits per heavy atom. The molecule has 0 N–H and O–H groups in total. The van der Waals surface area contributed by atoms with Gasteiger partial charge in [0.15, 0.2) is 0 Å². The Bertz CT molecular complexity index is 961. The molecule has 30 heavy (non-hydrogen) atoms. The Kier molecular flexibility index (Phi) is 6.75. The van der Waals surface area contributed by atoms with E-state index in [9.17, 15) is 4.79 Å². The number of carbonyl (C=O) groups excluding carboxylic acids is 1. The lowest BCUT2D eigenvalue weighted by Gasteiger charge is -2.28. The SMILES string of the molecule is CC[C@H](C(=O)N1CCS[C@H]1c1cccc(OCc2ccccc2)c1)c1ccccc1. The highest BCUT2D eigenvalue weighted by Crippen LogP contribution is 2.41. The first-order valence-electron chi connectivity index (χ1n) is 10.5. The summed E-state index contributed by atoms with van der Waals surface area (Å²) >= 11 is 1.83. The fourth-order valence-corrected chi connectivity index (χ4v) is 5.16. The van der Waals surface area contributed by atoms with Crippen LogP contribution >= 0.6 is 11.8 Å². The van der Waals surface area contributed by atoms with Gasteiger partial charge in [-0.2, -0.15) is 0 Å². The van der Waals surface area contributed by atoms with Gasteiger partial charge >= 0.3 is 0 Å². The van der Waals surface area contributed by atoms with Crippen LogP contribution in [0.25, 0.3) is 0 Å². The number of thioether (sulfide) groups is 1. The van der Waals surface area contributed by atoms with Gasteiger partial charge in [-0.15, -0.1) is 11.8 Å². The van der Waals surface area contributed by atoms with Crippen molar-refractivity contribution in [2.24, 2.45) is 0 Å². The van der Waals surface area contributed by atoms with Crippen molar-refractivity contribution >= 4 is 17.7 Å². The second-order valence-electron chi connectivity index (χ2n) is 7.47. The minimum atomic E-state index is -0.0927. The first-order valence-corrected chi connectivity index (χ1v) is 11.5. The summed E-state index contributed by atoms with van der Waals surface area (Å²) in [6, 6.07) is 28.5. The van der Waals surface area contributed by atoms with Gasteiger partial charge < -0.3 is 9.64 Å². The lowest BCUT2D eigenvalue weighted by atomic mass is 9.95. The highest BCUT2D eigenvalue weighted by Gasteiger charge is 2.34. The minimum Gasteiger partial charge on any atom is -0.489 e. The molecule has 1 amide bonds. The molecule has 3 aromatic rings. The lowest BCUT2D eigenvalue weighted by molar-refractivity contribution is -0.133. The number of ether oxygens (including phenoxy) is 1. The van der Waals surface area contributed by atoms with E-state index in [4.69, 9.17) is 4.74 Å².